The maximum absolute atomic E-state index is 5.56. The molecule has 3 rings (SSSR count). The van der Waals surface area contributed by atoms with Crippen molar-refractivity contribution in [1.29, 1.82) is 0 Å². The highest BCUT2D eigenvalue weighted by Gasteiger charge is 2.23. The van der Waals surface area contributed by atoms with Gasteiger partial charge in [0.2, 0.25) is 0 Å². The van der Waals surface area contributed by atoms with E-state index in [0.29, 0.717) is 6.54 Å². The number of rotatable bonds is 9. The van der Waals surface area contributed by atoms with Gasteiger partial charge < -0.3 is 24.8 Å². The van der Waals surface area contributed by atoms with Gasteiger partial charge in [0.05, 0.1) is 40.0 Å². The number of aliphatic imine (C=N–C) groups is 1. The van der Waals surface area contributed by atoms with Crippen molar-refractivity contribution in [2.45, 2.75) is 19.5 Å². The van der Waals surface area contributed by atoms with Gasteiger partial charge in [-0.05, 0) is 42.3 Å². The van der Waals surface area contributed by atoms with Gasteiger partial charge in [-0.2, -0.15) is 0 Å². The summed E-state index contributed by atoms with van der Waals surface area (Å²) in [6.07, 6.45) is 0. The van der Waals surface area contributed by atoms with Crippen molar-refractivity contribution >= 4 is 29.9 Å². The Bertz CT molecular complexity index is 809. The highest BCUT2D eigenvalue weighted by molar-refractivity contribution is 14.0. The third-order valence-electron chi connectivity index (χ3n) is 5.37. The summed E-state index contributed by atoms with van der Waals surface area (Å²) in [5, 5.41) is 6.89. The summed E-state index contributed by atoms with van der Waals surface area (Å²) in [6, 6.07) is 16.5. The molecule has 1 aliphatic heterocycles. The maximum atomic E-state index is 5.56. The largest absolute Gasteiger partial charge is 0.497 e. The number of guanidine groups is 1. The zero-order chi connectivity index (χ0) is 21.9. The smallest absolute Gasteiger partial charge is 0.191 e. The van der Waals surface area contributed by atoms with E-state index in [9.17, 15) is 0 Å². The maximum Gasteiger partial charge on any atom is 0.191 e. The fourth-order valence-corrected chi connectivity index (χ4v) is 3.61. The molecule has 176 valence electrons. The Morgan fingerprint density at radius 1 is 0.969 bits per heavy atom. The molecule has 1 atom stereocenters. The van der Waals surface area contributed by atoms with E-state index in [2.05, 4.69) is 34.6 Å². The molecular formula is C24H35IN4O3. The van der Waals surface area contributed by atoms with Crippen molar-refractivity contribution in [2.24, 2.45) is 4.99 Å². The van der Waals surface area contributed by atoms with Crippen LogP contribution in [0.3, 0.4) is 0 Å². The molecule has 1 heterocycles. The first kappa shape index (κ1) is 26.2. The zero-order valence-electron chi connectivity index (χ0n) is 19.2. The van der Waals surface area contributed by atoms with Crippen LogP contribution in [0.4, 0.5) is 0 Å². The lowest BCUT2D eigenvalue weighted by atomic mass is 10.0. The normalized spacial score (nSPS) is 15.4. The van der Waals surface area contributed by atoms with Crippen molar-refractivity contribution in [3.8, 4) is 11.5 Å². The molecular weight excluding hydrogens is 519 g/mol. The first-order chi connectivity index (χ1) is 15.2. The lowest BCUT2D eigenvalue weighted by molar-refractivity contribution is 0.0170. The number of nitrogens with zero attached hydrogens (tertiary/aromatic N) is 2. The third-order valence-corrected chi connectivity index (χ3v) is 5.37. The van der Waals surface area contributed by atoms with Crippen LogP contribution in [0.2, 0.25) is 0 Å². The monoisotopic (exact) mass is 554 g/mol. The van der Waals surface area contributed by atoms with E-state index in [0.717, 1.165) is 62.4 Å². The van der Waals surface area contributed by atoms with E-state index in [1.54, 1.807) is 14.2 Å². The van der Waals surface area contributed by atoms with Gasteiger partial charge in [0.15, 0.2) is 5.96 Å². The lowest BCUT2D eigenvalue weighted by Crippen LogP contribution is -2.46. The van der Waals surface area contributed by atoms with E-state index < -0.39 is 0 Å². The van der Waals surface area contributed by atoms with Crippen molar-refractivity contribution in [2.75, 3.05) is 53.6 Å². The molecule has 1 unspecified atom stereocenters. The van der Waals surface area contributed by atoms with E-state index in [-0.39, 0.29) is 30.0 Å². The predicted molar refractivity (Wildman–Crippen MR) is 139 cm³/mol. The first-order valence-electron chi connectivity index (χ1n) is 10.8. The number of methoxy groups -OCH3 is 2. The van der Waals surface area contributed by atoms with Crippen molar-refractivity contribution in [1.82, 2.24) is 15.5 Å². The van der Waals surface area contributed by atoms with Crippen LogP contribution in [-0.2, 0) is 11.3 Å². The van der Waals surface area contributed by atoms with Gasteiger partial charge >= 0.3 is 0 Å². The van der Waals surface area contributed by atoms with Crippen LogP contribution in [0.1, 0.15) is 24.1 Å². The zero-order valence-corrected chi connectivity index (χ0v) is 21.5. The molecule has 2 aromatic carbocycles. The lowest BCUT2D eigenvalue weighted by Gasteiger charge is -2.35. The molecule has 7 nitrogen and oxygen atoms in total. The second-order valence-corrected chi connectivity index (χ2v) is 7.36. The fourth-order valence-electron chi connectivity index (χ4n) is 3.61. The molecule has 2 N–H and O–H groups in total. The summed E-state index contributed by atoms with van der Waals surface area (Å²) < 4.78 is 16.1. The van der Waals surface area contributed by atoms with Gasteiger partial charge in [-0.15, -0.1) is 24.0 Å². The molecule has 1 aliphatic rings. The number of morpholine rings is 1. The molecule has 0 saturated carbocycles. The van der Waals surface area contributed by atoms with Crippen LogP contribution >= 0.6 is 24.0 Å². The van der Waals surface area contributed by atoms with E-state index in [1.807, 2.05) is 36.4 Å². The molecule has 0 aliphatic carbocycles. The van der Waals surface area contributed by atoms with Crippen LogP contribution in [0.15, 0.2) is 53.5 Å². The molecule has 1 fully saturated rings. The summed E-state index contributed by atoms with van der Waals surface area (Å²) in [5.74, 6) is 2.53. The number of hydrogen-bond donors (Lipinski definition) is 2. The van der Waals surface area contributed by atoms with Crippen LogP contribution in [-0.4, -0.2) is 64.5 Å². The minimum absolute atomic E-state index is 0. The topological polar surface area (TPSA) is 67.4 Å². The van der Waals surface area contributed by atoms with E-state index in [1.165, 1.54) is 5.56 Å². The Labute approximate surface area is 208 Å². The molecule has 0 radical (unpaired) electrons. The summed E-state index contributed by atoms with van der Waals surface area (Å²) in [6.45, 7) is 7.59. The van der Waals surface area contributed by atoms with Gasteiger partial charge in [0.1, 0.15) is 11.5 Å². The van der Waals surface area contributed by atoms with Gasteiger partial charge in [0, 0.05) is 26.2 Å². The molecule has 2 aromatic rings. The van der Waals surface area contributed by atoms with E-state index >= 15 is 0 Å². The van der Waals surface area contributed by atoms with Crippen molar-refractivity contribution in [3.63, 3.8) is 0 Å². The first-order valence-corrected chi connectivity index (χ1v) is 10.8. The summed E-state index contributed by atoms with van der Waals surface area (Å²) in [4.78, 5) is 7.23. The summed E-state index contributed by atoms with van der Waals surface area (Å²) in [5.41, 5.74) is 2.39. The predicted octanol–water partition coefficient (Wildman–Crippen LogP) is 3.45. The quantitative estimate of drug-likeness (QED) is 0.281. The molecule has 0 amide bonds. The molecule has 0 bridgehead atoms. The standard InChI is InChI=1S/C24H34N4O3.HI/c1-4-25-24(26-17-19-5-9-21(29-2)10-6-19)27-18-23(28-13-15-31-16-14-28)20-7-11-22(30-3)12-8-20;/h5-12,23H,4,13-18H2,1-3H3,(H2,25,26,27);1H. The number of hydrogen-bond acceptors (Lipinski definition) is 5. The van der Waals surface area contributed by atoms with Crippen LogP contribution in [0.5, 0.6) is 11.5 Å². The van der Waals surface area contributed by atoms with Crippen molar-refractivity contribution in [3.05, 3.63) is 59.7 Å². The molecule has 1 saturated heterocycles. The summed E-state index contributed by atoms with van der Waals surface area (Å²) in [7, 11) is 3.37. The Morgan fingerprint density at radius 3 is 2.12 bits per heavy atom. The van der Waals surface area contributed by atoms with Crippen LogP contribution in [0, 0.1) is 0 Å². The SMILES string of the molecule is CCNC(=NCc1ccc(OC)cc1)NCC(c1ccc(OC)cc1)N1CCOCC1.I. The third kappa shape index (κ3) is 7.83. The highest BCUT2D eigenvalue weighted by atomic mass is 127. The average molecular weight is 554 g/mol. The molecule has 8 heteroatoms. The molecule has 0 spiro atoms. The van der Waals surface area contributed by atoms with Crippen LogP contribution in [0.25, 0.3) is 0 Å². The Morgan fingerprint density at radius 2 is 1.56 bits per heavy atom. The number of benzene rings is 2. The second-order valence-electron chi connectivity index (χ2n) is 7.36. The highest BCUT2D eigenvalue weighted by Crippen LogP contribution is 2.23. The summed E-state index contributed by atoms with van der Waals surface area (Å²) >= 11 is 0. The number of halogens is 1. The Hall–Kier alpha value is -2.04. The molecule has 32 heavy (non-hydrogen) atoms. The fraction of sp³-hybridized carbons (Fsp3) is 0.458. The molecule has 0 aromatic heterocycles. The van der Waals surface area contributed by atoms with Gasteiger partial charge in [0.25, 0.3) is 0 Å². The van der Waals surface area contributed by atoms with Gasteiger partial charge in [-0.25, -0.2) is 4.99 Å². The number of nitrogens with one attached hydrogen (secondary N) is 2. The minimum Gasteiger partial charge on any atom is -0.497 e. The van der Waals surface area contributed by atoms with Crippen molar-refractivity contribution < 1.29 is 14.2 Å². The van der Waals surface area contributed by atoms with E-state index in [4.69, 9.17) is 19.2 Å². The van der Waals surface area contributed by atoms with Gasteiger partial charge in [-0.1, -0.05) is 24.3 Å². The Balaban J connectivity index is 0.00000363. The number of ether oxygens (including phenoxy) is 3. The van der Waals surface area contributed by atoms with Crippen LogP contribution < -0.4 is 20.1 Å². The average Bonchev–Trinajstić information content (AvgIpc) is 2.84. The Kier molecular flexibility index (Phi) is 11.6. The van der Waals surface area contributed by atoms with Gasteiger partial charge in [-0.3, -0.25) is 4.90 Å². The second kappa shape index (κ2) is 14.2. The minimum atomic E-state index is 0.